The second kappa shape index (κ2) is 21.2. The highest BCUT2D eigenvalue weighted by atomic mass is 16.3. The molecule has 0 saturated heterocycles. The van der Waals surface area contributed by atoms with Gasteiger partial charge >= 0.3 is 0 Å². The molecule has 2 aliphatic carbocycles. The molecule has 2 fully saturated rings. The Bertz CT molecular complexity index is 1800. The fraction of sp³-hybridized carbons (Fsp3) is 0.540. The Hall–Kier alpha value is -3.47. The van der Waals surface area contributed by atoms with Crippen LogP contribution in [0.5, 0.6) is 0 Å². The summed E-state index contributed by atoms with van der Waals surface area (Å²) in [5.41, 5.74) is 5.74. The van der Waals surface area contributed by atoms with E-state index in [1.54, 1.807) is 0 Å². The summed E-state index contributed by atoms with van der Waals surface area (Å²) in [5, 5.41) is 63.5. The number of aldehydes is 1. The van der Waals surface area contributed by atoms with Crippen molar-refractivity contribution in [3.8, 4) is 0 Å². The van der Waals surface area contributed by atoms with Gasteiger partial charge in [0.1, 0.15) is 12.5 Å². The minimum absolute atomic E-state index is 0.0171. The summed E-state index contributed by atoms with van der Waals surface area (Å²) in [6.07, 6.45) is 14.1. The van der Waals surface area contributed by atoms with E-state index in [0.29, 0.717) is 69.1 Å². The van der Waals surface area contributed by atoms with E-state index in [1.807, 2.05) is 45.2 Å². The standard InChI is InChI=1S/C50H70N2O6/c1-34(42-21-19-35(2)48(57)52-37(4)30-39-15-10-16-40(31-39)44(42)22-20-38-13-7-6-8-14-38)12-9-17-41(33-55)45-24-26-50(47(45)56)46(18-11-29-53)43(36(3)32-54)23-25-49(50,58)27-28-51-5/h6-10,12-17,19,31-32,37,42,44-48,51-53,55-58H,1,11,18,20-30,33H2,2-5H3/b12-9+,35-19+,41-17-,43-36-/t37-,42+,44-,45-,46-,47+,48+,49-,50+/m0/s1. The first-order valence-corrected chi connectivity index (χ1v) is 21.6. The van der Waals surface area contributed by atoms with Gasteiger partial charge in [0, 0.05) is 24.0 Å². The smallest absolute Gasteiger partial charge is 0.145 e. The van der Waals surface area contributed by atoms with Gasteiger partial charge in [0.05, 0.1) is 18.3 Å². The Kier molecular flexibility index (Phi) is 16.6. The third-order valence-electron chi connectivity index (χ3n) is 13.9. The van der Waals surface area contributed by atoms with Crippen LogP contribution in [0.2, 0.25) is 0 Å². The van der Waals surface area contributed by atoms with Crippen molar-refractivity contribution in [1.82, 2.24) is 10.6 Å². The number of aliphatic hydroxyl groups is 5. The highest BCUT2D eigenvalue weighted by molar-refractivity contribution is 5.74. The van der Waals surface area contributed by atoms with Crippen molar-refractivity contribution in [3.05, 3.63) is 130 Å². The Balaban J connectivity index is 1.49. The maximum absolute atomic E-state index is 12.6. The van der Waals surface area contributed by atoms with E-state index < -0.39 is 29.3 Å². The lowest BCUT2D eigenvalue weighted by Gasteiger charge is -2.57. The number of hydrogen-bond donors (Lipinski definition) is 7. The van der Waals surface area contributed by atoms with Crippen molar-refractivity contribution >= 4 is 6.29 Å². The molecule has 1 aliphatic heterocycles. The van der Waals surface area contributed by atoms with Crippen LogP contribution in [-0.2, 0) is 17.6 Å². The number of rotatable bonds is 15. The van der Waals surface area contributed by atoms with Gasteiger partial charge in [0.15, 0.2) is 0 Å². The summed E-state index contributed by atoms with van der Waals surface area (Å²) >= 11 is 0. The molecule has 3 aliphatic rings. The highest BCUT2D eigenvalue weighted by Gasteiger charge is 2.65. The van der Waals surface area contributed by atoms with Crippen molar-refractivity contribution in [2.75, 3.05) is 26.8 Å². The van der Waals surface area contributed by atoms with E-state index in [0.717, 1.165) is 42.3 Å². The summed E-state index contributed by atoms with van der Waals surface area (Å²) in [6.45, 7) is 10.8. The number of benzene rings is 2. The van der Waals surface area contributed by atoms with Gasteiger partial charge in [-0.25, -0.2) is 0 Å². The molecule has 1 spiro atoms. The molecule has 0 unspecified atom stereocenters. The summed E-state index contributed by atoms with van der Waals surface area (Å²) in [4.78, 5) is 12.1. The van der Waals surface area contributed by atoms with Gasteiger partial charge < -0.3 is 30.8 Å². The van der Waals surface area contributed by atoms with Gasteiger partial charge in [-0.3, -0.25) is 10.1 Å². The Morgan fingerprint density at radius 3 is 2.53 bits per heavy atom. The summed E-state index contributed by atoms with van der Waals surface area (Å²) in [5.74, 6) is -0.519. The molecule has 5 rings (SSSR count). The minimum Gasteiger partial charge on any atom is -0.396 e. The maximum atomic E-state index is 12.6. The number of allylic oxidation sites excluding steroid dienone is 7. The Morgan fingerprint density at radius 2 is 1.83 bits per heavy atom. The van der Waals surface area contributed by atoms with Crippen LogP contribution in [0.1, 0.15) is 101 Å². The number of nitrogens with one attached hydrogen (secondary N) is 2. The average Bonchev–Trinajstić information content (AvgIpc) is 3.56. The second-order valence-corrected chi connectivity index (χ2v) is 17.4. The van der Waals surface area contributed by atoms with Gasteiger partial charge in [0.25, 0.3) is 0 Å². The second-order valence-electron chi connectivity index (χ2n) is 17.4. The number of fused-ring (bicyclic) bond motifs is 2. The lowest BCUT2D eigenvalue weighted by atomic mass is 9.51. The Labute approximate surface area is 347 Å². The van der Waals surface area contributed by atoms with Gasteiger partial charge in [-0.1, -0.05) is 96.6 Å². The molecular weight excluding hydrogens is 725 g/mol. The van der Waals surface area contributed by atoms with E-state index in [4.69, 9.17) is 0 Å². The minimum atomic E-state index is -1.20. The molecule has 0 amide bonds. The summed E-state index contributed by atoms with van der Waals surface area (Å²) in [7, 11) is 1.86. The number of hydrogen-bond acceptors (Lipinski definition) is 8. The van der Waals surface area contributed by atoms with Crippen LogP contribution < -0.4 is 10.6 Å². The van der Waals surface area contributed by atoms with E-state index in [-0.39, 0.29) is 37.0 Å². The first-order valence-electron chi connectivity index (χ1n) is 21.6. The SMILES string of the molecule is C=C(/C=C/C=C(/CO)[C@@H]1CC[C@]2([C@@H]1O)[C@@H](CCCO)/C(=C(/C)C=O)CC[C@]2(O)CCNC)[C@H]1C/C=C(\C)[C@@H](O)N[C@@H](C)Cc2cccc(c2)[C@@H]1CCc1ccccc1. The van der Waals surface area contributed by atoms with Crippen LogP contribution in [0.4, 0.5) is 0 Å². The zero-order chi connectivity index (χ0) is 41.9. The predicted octanol–water partition coefficient (Wildman–Crippen LogP) is 7.04. The molecule has 7 N–H and O–H groups in total. The molecule has 0 radical (unpaired) electrons. The normalized spacial score (nSPS) is 32.7. The van der Waals surface area contributed by atoms with Crippen LogP contribution in [-0.4, -0.2) is 82.6 Å². The zero-order valence-electron chi connectivity index (χ0n) is 35.4. The molecule has 0 aromatic heterocycles. The molecular formula is C50H70N2O6. The molecule has 2 bridgehead atoms. The third-order valence-corrected chi connectivity index (χ3v) is 13.9. The molecule has 2 aromatic rings. The predicted molar refractivity (Wildman–Crippen MR) is 234 cm³/mol. The van der Waals surface area contributed by atoms with Gasteiger partial charge in [0.2, 0.25) is 0 Å². The number of carbonyl (C=O) groups excluding carboxylic acids is 1. The lowest BCUT2D eigenvalue weighted by Crippen LogP contribution is -2.61. The maximum Gasteiger partial charge on any atom is 0.145 e. The van der Waals surface area contributed by atoms with Crippen molar-refractivity contribution < 1.29 is 30.3 Å². The van der Waals surface area contributed by atoms with E-state index in [2.05, 4.69) is 78.7 Å². The lowest BCUT2D eigenvalue weighted by molar-refractivity contribution is -0.180. The molecule has 9 atom stereocenters. The van der Waals surface area contributed by atoms with Gasteiger partial charge in [-0.2, -0.15) is 0 Å². The highest BCUT2D eigenvalue weighted by Crippen LogP contribution is 2.64. The molecule has 8 heteroatoms. The van der Waals surface area contributed by atoms with Crippen molar-refractivity contribution in [3.63, 3.8) is 0 Å². The molecule has 58 heavy (non-hydrogen) atoms. The van der Waals surface area contributed by atoms with Gasteiger partial charge in [-0.05, 0) is 156 Å². The van der Waals surface area contributed by atoms with Crippen LogP contribution >= 0.6 is 0 Å². The van der Waals surface area contributed by atoms with Crippen LogP contribution in [0.15, 0.2) is 113 Å². The van der Waals surface area contributed by atoms with Crippen molar-refractivity contribution in [2.45, 2.75) is 121 Å². The topological polar surface area (TPSA) is 142 Å². The first kappa shape index (κ1) is 45.6. The van der Waals surface area contributed by atoms with E-state index in [9.17, 15) is 30.3 Å². The third kappa shape index (κ3) is 10.3. The molecule has 2 saturated carbocycles. The van der Waals surface area contributed by atoms with Crippen LogP contribution in [0.3, 0.4) is 0 Å². The molecule has 316 valence electrons. The molecule has 1 heterocycles. The summed E-state index contributed by atoms with van der Waals surface area (Å²) in [6, 6.07) is 19.5. The first-order chi connectivity index (χ1) is 27.9. The molecule has 8 nitrogen and oxygen atoms in total. The van der Waals surface area contributed by atoms with Crippen LogP contribution in [0, 0.1) is 23.2 Å². The summed E-state index contributed by atoms with van der Waals surface area (Å²) < 4.78 is 0. The van der Waals surface area contributed by atoms with Crippen molar-refractivity contribution in [1.29, 1.82) is 0 Å². The zero-order valence-corrected chi connectivity index (χ0v) is 35.4. The van der Waals surface area contributed by atoms with Crippen molar-refractivity contribution in [2.24, 2.45) is 23.2 Å². The monoisotopic (exact) mass is 795 g/mol. The van der Waals surface area contributed by atoms with E-state index >= 15 is 0 Å². The Morgan fingerprint density at radius 1 is 1.05 bits per heavy atom. The number of carbonyl (C=O) groups is 1. The average molecular weight is 795 g/mol. The molecule has 2 aromatic carbocycles. The largest absolute Gasteiger partial charge is 0.396 e. The fourth-order valence-corrected chi connectivity index (χ4v) is 10.7. The number of aryl methyl sites for hydroxylation is 1. The van der Waals surface area contributed by atoms with E-state index in [1.165, 1.54) is 16.7 Å². The van der Waals surface area contributed by atoms with Gasteiger partial charge in [-0.15, -0.1) is 0 Å². The number of aliphatic hydroxyl groups excluding tert-OH is 4. The fourth-order valence-electron chi connectivity index (χ4n) is 10.7. The quantitative estimate of drug-likeness (QED) is 0.0441. The van der Waals surface area contributed by atoms with Crippen LogP contribution in [0.25, 0.3) is 0 Å².